The largest absolute Gasteiger partial charge is 0.394 e. The second-order valence-corrected chi connectivity index (χ2v) is 6.55. The van der Waals surface area contributed by atoms with E-state index in [2.05, 4.69) is 20.6 Å². The summed E-state index contributed by atoms with van der Waals surface area (Å²) < 4.78 is 7.27. The minimum absolute atomic E-state index is 0.0678. The smallest absolute Gasteiger partial charge is 0.244 e. The predicted octanol–water partition coefficient (Wildman–Crippen LogP) is -0.895. The molecule has 4 rings (SSSR count). The highest BCUT2D eigenvalue weighted by Crippen LogP contribution is 2.42. The molecule has 4 atom stereocenters. The molecule has 0 saturated carbocycles. The summed E-state index contributed by atoms with van der Waals surface area (Å²) in [7, 11) is 0. The van der Waals surface area contributed by atoms with Crippen LogP contribution in [0.25, 0.3) is 11.0 Å². The van der Waals surface area contributed by atoms with E-state index in [1.807, 2.05) is 0 Å². The highest BCUT2D eigenvalue weighted by Gasteiger charge is 2.53. The van der Waals surface area contributed by atoms with E-state index in [9.17, 15) is 20.1 Å². The minimum Gasteiger partial charge on any atom is -0.394 e. The van der Waals surface area contributed by atoms with Crippen molar-refractivity contribution >= 4 is 28.4 Å². The van der Waals surface area contributed by atoms with Crippen molar-refractivity contribution in [3.63, 3.8) is 0 Å². The third-order valence-electron chi connectivity index (χ3n) is 4.67. The molecule has 25 heavy (non-hydrogen) atoms. The molecule has 1 unspecified atom stereocenters. The molecule has 10 heteroatoms. The van der Waals surface area contributed by atoms with Crippen molar-refractivity contribution in [2.75, 3.05) is 23.8 Å². The summed E-state index contributed by atoms with van der Waals surface area (Å²) in [6.45, 7) is 2.78. The second-order valence-electron chi connectivity index (χ2n) is 6.55. The zero-order valence-corrected chi connectivity index (χ0v) is 13.7. The number of nitrogens with one attached hydrogen (secondary N) is 2. The molecule has 134 valence electrons. The zero-order valence-electron chi connectivity index (χ0n) is 13.7. The zero-order chi connectivity index (χ0) is 17.9. The number of aliphatic hydroxyl groups excluding tert-OH is 2. The molecule has 0 aliphatic carbocycles. The SMILES string of the molecule is Cc1nc2c3c(cn(C4O[C@H](CO)[C@@H](O)[C@@]4(C)O)c3n1)NCC(=O)N2. The van der Waals surface area contributed by atoms with Gasteiger partial charge in [0.2, 0.25) is 5.91 Å². The van der Waals surface area contributed by atoms with Gasteiger partial charge in [0.25, 0.3) is 0 Å². The van der Waals surface area contributed by atoms with E-state index in [4.69, 9.17) is 4.74 Å². The standard InChI is InChI=1S/C15H19N5O5/c1-6-17-12-10-7(16-3-9(22)19-12)4-20(13(10)18-6)14-15(2,24)11(23)8(5-21)25-14/h4,8,11,14,16,21,23-24H,3,5H2,1-2H3,(H,17,18,19,22)/t8-,11-,14?,15-/m1/s1. The van der Waals surface area contributed by atoms with Crippen molar-refractivity contribution in [1.82, 2.24) is 14.5 Å². The first-order valence-corrected chi connectivity index (χ1v) is 7.92. The number of carbonyl (C=O) groups is 1. The maximum atomic E-state index is 11.8. The maximum absolute atomic E-state index is 11.8. The Morgan fingerprint density at radius 1 is 1.48 bits per heavy atom. The number of nitrogens with zero attached hydrogens (tertiary/aromatic N) is 3. The molecule has 0 aromatic carbocycles. The number of aromatic nitrogens is 3. The van der Waals surface area contributed by atoms with Crippen LogP contribution in [-0.2, 0) is 9.53 Å². The van der Waals surface area contributed by atoms with Gasteiger partial charge >= 0.3 is 0 Å². The number of aryl methyl sites for hydroxylation is 1. The van der Waals surface area contributed by atoms with Gasteiger partial charge < -0.3 is 35.3 Å². The lowest BCUT2D eigenvalue weighted by Gasteiger charge is -2.27. The number of hydrogen-bond acceptors (Lipinski definition) is 8. The fraction of sp³-hybridized carbons (Fsp3) is 0.533. The quantitative estimate of drug-likeness (QED) is 0.470. The molecule has 2 aromatic rings. The first kappa shape index (κ1) is 16.2. The molecule has 4 heterocycles. The van der Waals surface area contributed by atoms with Crippen molar-refractivity contribution in [3.05, 3.63) is 12.0 Å². The lowest BCUT2D eigenvalue weighted by atomic mass is 9.96. The van der Waals surface area contributed by atoms with Crippen LogP contribution < -0.4 is 10.6 Å². The number of amides is 1. The molecule has 2 aromatic heterocycles. The Balaban J connectivity index is 1.91. The van der Waals surface area contributed by atoms with Gasteiger partial charge in [-0.2, -0.15) is 0 Å². The maximum Gasteiger partial charge on any atom is 0.244 e. The van der Waals surface area contributed by atoms with E-state index < -0.39 is 30.6 Å². The van der Waals surface area contributed by atoms with Gasteiger partial charge in [-0.05, 0) is 13.8 Å². The first-order chi connectivity index (χ1) is 11.8. The number of hydrogen-bond donors (Lipinski definition) is 5. The Morgan fingerprint density at radius 2 is 2.24 bits per heavy atom. The first-order valence-electron chi connectivity index (χ1n) is 7.92. The second kappa shape index (κ2) is 5.36. The van der Waals surface area contributed by atoms with Crippen molar-refractivity contribution in [3.8, 4) is 0 Å². The molecule has 1 amide bonds. The van der Waals surface area contributed by atoms with E-state index in [0.717, 1.165) is 0 Å². The molecular formula is C15H19N5O5. The van der Waals surface area contributed by atoms with E-state index in [-0.39, 0.29) is 12.5 Å². The summed E-state index contributed by atoms with van der Waals surface area (Å²) in [4.78, 5) is 20.5. The van der Waals surface area contributed by atoms with Crippen LogP contribution in [-0.4, -0.2) is 66.7 Å². The number of aliphatic hydroxyl groups is 3. The molecule has 0 bridgehead atoms. The summed E-state index contributed by atoms with van der Waals surface area (Å²) in [6, 6.07) is 0. The third kappa shape index (κ3) is 2.29. The Morgan fingerprint density at radius 3 is 2.92 bits per heavy atom. The summed E-state index contributed by atoms with van der Waals surface area (Å²) in [5.41, 5.74) is -0.573. The van der Waals surface area contributed by atoms with E-state index in [0.29, 0.717) is 28.4 Å². The number of carbonyl (C=O) groups excluding carboxylic acids is 1. The van der Waals surface area contributed by atoms with Gasteiger partial charge in [-0.1, -0.05) is 0 Å². The van der Waals surface area contributed by atoms with Gasteiger partial charge in [0.1, 0.15) is 35.1 Å². The average Bonchev–Trinajstić information content (AvgIpc) is 2.94. The summed E-state index contributed by atoms with van der Waals surface area (Å²) in [6.07, 6.45) is -1.47. The van der Waals surface area contributed by atoms with Gasteiger partial charge in [-0.25, -0.2) is 9.97 Å². The van der Waals surface area contributed by atoms with E-state index in [1.165, 1.54) is 6.92 Å². The molecule has 10 nitrogen and oxygen atoms in total. The number of anilines is 2. The monoisotopic (exact) mass is 349 g/mol. The normalized spacial score (nSPS) is 31.7. The molecule has 0 radical (unpaired) electrons. The topological polar surface area (TPSA) is 142 Å². The van der Waals surface area contributed by atoms with Crippen LogP contribution in [0.4, 0.5) is 11.5 Å². The molecule has 1 fully saturated rings. The number of ether oxygens (including phenoxy) is 1. The lowest BCUT2D eigenvalue weighted by Crippen LogP contribution is -2.44. The number of rotatable bonds is 2. The molecule has 1 saturated heterocycles. The van der Waals surface area contributed by atoms with Crippen LogP contribution in [0, 0.1) is 6.92 Å². The Bertz CT molecular complexity index is 864. The van der Waals surface area contributed by atoms with Gasteiger partial charge in [0.05, 0.1) is 24.2 Å². The molecule has 0 spiro atoms. The van der Waals surface area contributed by atoms with Crippen LogP contribution in [0.3, 0.4) is 0 Å². The van der Waals surface area contributed by atoms with Crippen LogP contribution in [0.15, 0.2) is 6.20 Å². The molecule has 2 aliphatic heterocycles. The summed E-state index contributed by atoms with van der Waals surface area (Å²) >= 11 is 0. The van der Waals surface area contributed by atoms with Gasteiger partial charge in [0.15, 0.2) is 6.23 Å². The highest BCUT2D eigenvalue weighted by molar-refractivity contribution is 6.08. The van der Waals surface area contributed by atoms with E-state index >= 15 is 0 Å². The van der Waals surface area contributed by atoms with Gasteiger partial charge in [-0.15, -0.1) is 0 Å². The van der Waals surface area contributed by atoms with Crippen LogP contribution in [0.5, 0.6) is 0 Å². The Labute approximate surface area is 142 Å². The molecular weight excluding hydrogens is 330 g/mol. The molecule has 5 N–H and O–H groups in total. The van der Waals surface area contributed by atoms with Crippen LogP contribution in [0.1, 0.15) is 19.0 Å². The van der Waals surface area contributed by atoms with Crippen LogP contribution >= 0.6 is 0 Å². The summed E-state index contributed by atoms with van der Waals surface area (Å²) in [5, 5.41) is 36.7. The predicted molar refractivity (Wildman–Crippen MR) is 87.0 cm³/mol. The lowest BCUT2D eigenvalue weighted by molar-refractivity contribution is -0.114. The summed E-state index contributed by atoms with van der Waals surface area (Å²) in [5.74, 6) is 0.595. The average molecular weight is 349 g/mol. The van der Waals surface area contributed by atoms with Gasteiger partial charge in [-0.3, -0.25) is 4.79 Å². The Kier molecular flexibility index (Phi) is 3.48. The van der Waals surface area contributed by atoms with Crippen molar-refractivity contribution in [2.45, 2.75) is 37.9 Å². The van der Waals surface area contributed by atoms with Crippen LogP contribution in [0.2, 0.25) is 0 Å². The van der Waals surface area contributed by atoms with Gasteiger partial charge in [0, 0.05) is 6.20 Å². The Hall–Kier alpha value is -2.27. The minimum atomic E-state index is -1.64. The molecule has 2 aliphatic rings. The van der Waals surface area contributed by atoms with Crippen molar-refractivity contribution in [1.29, 1.82) is 0 Å². The third-order valence-corrected chi connectivity index (χ3v) is 4.67. The van der Waals surface area contributed by atoms with E-state index in [1.54, 1.807) is 17.7 Å². The van der Waals surface area contributed by atoms with Crippen molar-refractivity contribution < 1.29 is 24.9 Å². The fourth-order valence-electron chi connectivity index (χ4n) is 3.40. The van der Waals surface area contributed by atoms with Crippen molar-refractivity contribution in [2.24, 2.45) is 0 Å². The fourth-order valence-corrected chi connectivity index (χ4v) is 3.40. The highest BCUT2D eigenvalue weighted by atomic mass is 16.6.